The molecule has 5 heteroatoms. The van der Waals surface area contributed by atoms with Gasteiger partial charge in [0.25, 0.3) is 0 Å². The molecule has 4 nitrogen and oxygen atoms in total. The summed E-state index contributed by atoms with van der Waals surface area (Å²) in [6.07, 6.45) is 1.87. The van der Waals surface area contributed by atoms with Crippen molar-refractivity contribution in [2.24, 2.45) is 0 Å². The molecule has 0 radical (unpaired) electrons. The van der Waals surface area contributed by atoms with Crippen LogP contribution in [0.1, 0.15) is 6.92 Å². The van der Waals surface area contributed by atoms with Crippen molar-refractivity contribution in [3.05, 3.63) is 34.9 Å². The van der Waals surface area contributed by atoms with Crippen LogP contribution in [0.3, 0.4) is 0 Å². The zero-order valence-corrected chi connectivity index (χ0v) is 14.8. The third kappa shape index (κ3) is 3.42. The van der Waals surface area contributed by atoms with Crippen molar-refractivity contribution in [2.45, 2.75) is 13.0 Å². The van der Waals surface area contributed by atoms with Crippen molar-refractivity contribution in [3.8, 4) is 0 Å². The van der Waals surface area contributed by atoms with Gasteiger partial charge in [0.2, 0.25) is 0 Å². The van der Waals surface area contributed by atoms with Gasteiger partial charge in [-0.15, -0.1) is 0 Å². The first-order valence-electron chi connectivity index (χ1n) is 7.85. The molecule has 1 aromatic heterocycles. The number of hydrogen-bond donors (Lipinski definition) is 1. The average Bonchev–Trinajstić information content (AvgIpc) is 2.54. The number of fused-ring (bicyclic) bond motifs is 1. The van der Waals surface area contributed by atoms with E-state index in [1.54, 1.807) is 0 Å². The summed E-state index contributed by atoms with van der Waals surface area (Å²) in [4.78, 5) is 9.42. The molecule has 0 spiro atoms. The van der Waals surface area contributed by atoms with Crippen molar-refractivity contribution < 1.29 is 0 Å². The molecule has 1 aliphatic heterocycles. The van der Waals surface area contributed by atoms with E-state index in [9.17, 15) is 0 Å². The van der Waals surface area contributed by atoms with Gasteiger partial charge in [-0.25, -0.2) is 0 Å². The molecular formula is C17H23BrN4. The number of para-hydroxylation sites is 1. The number of aromatic nitrogens is 1. The Bertz CT molecular complexity index is 638. The summed E-state index contributed by atoms with van der Waals surface area (Å²) in [5.74, 6) is 0. The van der Waals surface area contributed by atoms with E-state index in [1.165, 1.54) is 5.39 Å². The molecule has 2 aromatic rings. The van der Waals surface area contributed by atoms with Crippen LogP contribution in [0.25, 0.3) is 10.9 Å². The van der Waals surface area contributed by atoms with Crippen molar-refractivity contribution in [2.75, 3.05) is 45.1 Å². The minimum absolute atomic E-state index is 0.532. The van der Waals surface area contributed by atoms with Gasteiger partial charge in [0, 0.05) is 60.5 Å². The predicted molar refractivity (Wildman–Crippen MR) is 96.5 cm³/mol. The zero-order chi connectivity index (χ0) is 15.5. The van der Waals surface area contributed by atoms with Crippen molar-refractivity contribution in [1.82, 2.24) is 14.8 Å². The highest BCUT2D eigenvalue weighted by molar-refractivity contribution is 9.10. The van der Waals surface area contributed by atoms with E-state index in [2.05, 4.69) is 68.2 Å². The Labute approximate surface area is 140 Å². The molecule has 2 heterocycles. The van der Waals surface area contributed by atoms with Gasteiger partial charge in [0.1, 0.15) is 0 Å². The molecule has 0 bridgehead atoms. The highest BCUT2D eigenvalue weighted by Crippen LogP contribution is 2.27. The topological polar surface area (TPSA) is 31.4 Å². The van der Waals surface area contributed by atoms with Crippen LogP contribution in [0.15, 0.2) is 34.9 Å². The van der Waals surface area contributed by atoms with Crippen molar-refractivity contribution >= 4 is 32.5 Å². The molecule has 1 aromatic carbocycles. The minimum atomic E-state index is 0.532. The Morgan fingerprint density at radius 3 is 2.77 bits per heavy atom. The summed E-state index contributed by atoms with van der Waals surface area (Å²) in [5, 5.41) is 4.78. The monoisotopic (exact) mass is 362 g/mol. The van der Waals surface area contributed by atoms with Crippen LogP contribution in [0, 0.1) is 0 Å². The number of nitrogens with one attached hydrogen (secondary N) is 1. The number of anilines is 1. The zero-order valence-electron chi connectivity index (χ0n) is 13.2. The van der Waals surface area contributed by atoms with Crippen LogP contribution in [-0.4, -0.2) is 60.6 Å². The van der Waals surface area contributed by atoms with Crippen LogP contribution < -0.4 is 5.32 Å². The molecule has 0 aliphatic carbocycles. The number of piperazine rings is 1. The van der Waals surface area contributed by atoms with Gasteiger partial charge in [-0.05, 0) is 42.0 Å². The Morgan fingerprint density at radius 2 is 2.00 bits per heavy atom. The number of halogens is 1. The van der Waals surface area contributed by atoms with Crippen LogP contribution in [-0.2, 0) is 0 Å². The third-order valence-corrected chi connectivity index (χ3v) is 5.11. The molecule has 0 saturated carbocycles. The summed E-state index contributed by atoms with van der Waals surface area (Å²) in [5.41, 5.74) is 2.17. The summed E-state index contributed by atoms with van der Waals surface area (Å²) in [7, 11) is 2.20. The SMILES string of the molecule is CC(CNc1ccnc2c(Br)cccc12)N1CCN(C)CC1. The van der Waals surface area contributed by atoms with Gasteiger partial charge in [-0.3, -0.25) is 9.88 Å². The smallest absolute Gasteiger partial charge is 0.0864 e. The summed E-state index contributed by atoms with van der Waals surface area (Å²) in [6, 6.07) is 8.81. The van der Waals surface area contributed by atoms with Gasteiger partial charge < -0.3 is 10.2 Å². The van der Waals surface area contributed by atoms with Gasteiger partial charge in [-0.1, -0.05) is 12.1 Å². The molecule has 1 aliphatic rings. The summed E-state index contributed by atoms with van der Waals surface area (Å²) < 4.78 is 1.04. The maximum atomic E-state index is 4.46. The fourth-order valence-electron chi connectivity index (χ4n) is 2.94. The maximum absolute atomic E-state index is 4.46. The van der Waals surface area contributed by atoms with Crippen LogP contribution >= 0.6 is 15.9 Å². The van der Waals surface area contributed by atoms with Crippen molar-refractivity contribution in [1.29, 1.82) is 0 Å². The quantitative estimate of drug-likeness (QED) is 0.905. The molecular weight excluding hydrogens is 340 g/mol. The summed E-state index contributed by atoms with van der Waals surface area (Å²) >= 11 is 3.58. The summed E-state index contributed by atoms with van der Waals surface area (Å²) in [6.45, 7) is 7.89. The molecule has 1 saturated heterocycles. The maximum Gasteiger partial charge on any atom is 0.0864 e. The number of nitrogens with zero attached hydrogens (tertiary/aromatic N) is 3. The fourth-order valence-corrected chi connectivity index (χ4v) is 3.41. The first kappa shape index (κ1) is 15.7. The van der Waals surface area contributed by atoms with E-state index in [0.717, 1.165) is 48.4 Å². The first-order chi connectivity index (χ1) is 10.6. The molecule has 3 rings (SSSR count). The number of hydrogen-bond acceptors (Lipinski definition) is 4. The average molecular weight is 363 g/mol. The Morgan fingerprint density at radius 1 is 1.23 bits per heavy atom. The second-order valence-corrected chi connectivity index (χ2v) is 6.92. The van der Waals surface area contributed by atoms with Crippen molar-refractivity contribution in [3.63, 3.8) is 0 Å². The third-order valence-electron chi connectivity index (χ3n) is 4.47. The lowest BCUT2D eigenvalue weighted by molar-refractivity contribution is 0.123. The number of benzene rings is 1. The second kappa shape index (κ2) is 6.94. The van der Waals surface area contributed by atoms with Crippen LogP contribution in [0.2, 0.25) is 0 Å². The molecule has 22 heavy (non-hydrogen) atoms. The molecule has 1 atom stereocenters. The van der Waals surface area contributed by atoms with Crippen LogP contribution in [0.5, 0.6) is 0 Å². The van der Waals surface area contributed by atoms with E-state index in [1.807, 2.05) is 12.3 Å². The van der Waals surface area contributed by atoms with E-state index < -0.39 is 0 Å². The normalized spacial score (nSPS) is 18.5. The minimum Gasteiger partial charge on any atom is -0.383 e. The van der Waals surface area contributed by atoms with E-state index in [4.69, 9.17) is 0 Å². The fraction of sp³-hybridized carbons (Fsp3) is 0.471. The van der Waals surface area contributed by atoms with Gasteiger partial charge >= 0.3 is 0 Å². The van der Waals surface area contributed by atoms with Gasteiger partial charge in [-0.2, -0.15) is 0 Å². The number of rotatable bonds is 4. The van der Waals surface area contributed by atoms with E-state index >= 15 is 0 Å². The standard InChI is InChI=1S/C17H23BrN4/c1-13(22-10-8-21(2)9-11-22)12-20-16-6-7-19-17-14(16)4-3-5-15(17)18/h3-7,13H,8-12H2,1-2H3,(H,19,20). The Kier molecular flexibility index (Phi) is 4.96. The number of pyridine rings is 1. The number of likely N-dealkylation sites (N-methyl/N-ethyl adjacent to an activating group) is 1. The lowest BCUT2D eigenvalue weighted by Gasteiger charge is -2.36. The van der Waals surface area contributed by atoms with Gasteiger partial charge in [0.05, 0.1) is 5.52 Å². The Hall–Kier alpha value is -1.17. The second-order valence-electron chi connectivity index (χ2n) is 6.06. The van der Waals surface area contributed by atoms with E-state index in [-0.39, 0.29) is 0 Å². The highest BCUT2D eigenvalue weighted by Gasteiger charge is 2.19. The van der Waals surface area contributed by atoms with Gasteiger partial charge in [0.15, 0.2) is 0 Å². The molecule has 1 N–H and O–H groups in total. The molecule has 0 amide bonds. The molecule has 118 valence electrons. The molecule has 1 unspecified atom stereocenters. The highest BCUT2D eigenvalue weighted by atomic mass is 79.9. The van der Waals surface area contributed by atoms with Crippen LogP contribution in [0.4, 0.5) is 5.69 Å². The Balaban J connectivity index is 1.68. The van der Waals surface area contributed by atoms with E-state index in [0.29, 0.717) is 6.04 Å². The first-order valence-corrected chi connectivity index (χ1v) is 8.64. The predicted octanol–water partition coefficient (Wildman–Crippen LogP) is 3.05. The molecule has 1 fully saturated rings. The lowest BCUT2D eigenvalue weighted by Crippen LogP contribution is -2.49. The largest absolute Gasteiger partial charge is 0.383 e. The lowest BCUT2D eigenvalue weighted by atomic mass is 10.1.